The molecule has 0 bridgehead atoms. The van der Waals surface area contributed by atoms with Crippen LogP contribution in [0.5, 0.6) is 11.5 Å². The van der Waals surface area contributed by atoms with Crippen LogP contribution in [-0.4, -0.2) is 6.18 Å². The molecule has 0 unspecified atom stereocenters. The third-order valence-corrected chi connectivity index (χ3v) is 4.78. The van der Waals surface area contributed by atoms with E-state index in [1.54, 1.807) is 6.07 Å². The third-order valence-electron chi connectivity index (χ3n) is 4.46. The minimum absolute atomic E-state index is 0.0929. The molecule has 0 aliphatic rings. The number of ether oxygens (including phenoxy) is 1. The molecule has 33 heavy (non-hydrogen) atoms. The molecule has 0 aromatic heterocycles. The van der Waals surface area contributed by atoms with Crippen molar-refractivity contribution in [2.45, 2.75) is 24.8 Å². The zero-order chi connectivity index (χ0) is 24.4. The summed E-state index contributed by atoms with van der Waals surface area (Å²) in [7, 11) is 0. The Hall–Kier alpha value is -3.01. The molecule has 0 amide bonds. The molecule has 0 atom stereocenters. The molecule has 3 rings (SSSR count). The maximum Gasteiger partial charge on any atom is 0.458 e. The predicted octanol–water partition coefficient (Wildman–Crippen LogP) is 8.42. The molecule has 0 spiro atoms. The first-order chi connectivity index (χ1) is 15.3. The van der Waals surface area contributed by atoms with E-state index in [1.165, 1.54) is 30.3 Å². The van der Waals surface area contributed by atoms with Crippen LogP contribution in [0.15, 0.2) is 66.7 Å². The van der Waals surface area contributed by atoms with Crippen LogP contribution in [0.3, 0.4) is 0 Å². The lowest BCUT2D eigenvalue weighted by atomic mass is 10.0. The van der Waals surface area contributed by atoms with Gasteiger partial charge in [0.2, 0.25) is 0 Å². The molecule has 0 aliphatic heterocycles. The van der Waals surface area contributed by atoms with Crippen molar-refractivity contribution in [2.24, 2.45) is 0 Å². The number of nitrogens with one attached hydrogen (secondary N) is 1. The Morgan fingerprint density at radius 2 is 1.42 bits per heavy atom. The monoisotopic (exact) mass is 495 g/mol. The first-order valence-electron chi connectivity index (χ1n) is 9.20. The van der Waals surface area contributed by atoms with E-state index in [4.69, 9.17) is 16.3 Å². The maximum absolute atomic E-state index is 13.6. The number of hydrogen-bond acceptors (Lipinski definition) is 2. The fraction of sp³-hybridized carbons (Fsp3) is 0.182. The molecule has 0 heterocycles. The van der Waals surface area contributed by atoms with E-state index in [1.807, 2.05) is 0 Å². The molecule has 2 nitrogen and oxygen atoms in total. The first-order valence-corrected chi connectivity index (χ1v) is 9.57. The predicted molar refractivity (Wildman–Crippen MR) is 107 cm³/mol. The van der Waals surface area contributed by atoms with Crippen molar-refractivity contribution >= 4 is 17.3 Å². The molecule has 0 saturated carbocycles. The van der Waals surface area contributed by atoms with Gasteiger partial charge in [-0.2, -0.15) is 35.1 Å². The summed E-state index contributed by atoms with van der Waals surface area (Å²) in [5.41, 5.74) is -1.69. The number of alkyl halides is 8. The fourth-order valence-electron chi connectivity index (χ4n) is 2.84. The molecule has 3 aromatic rings. The smallest absolute Gasteiger partial charge is 0.457 e. The van der Waals surface area contributed by atoms with Crippen LogP contribution in [0.25, 0.3) is 0 Å². The van der Waals surface area contributed by atoms with E-state index in [2.05, 4.69) is 5.32 Å². The van der Waals surface area contributed by atoms with Crippen molar-refractivity contribution in [1.29, 1.82) is 0 Å². The van der Waals surface area contributed by atoms with E-state index < -0.39 is 34.4 Å². The number of hydrogen-bond donors (Lipinski definition) is 1. The molecule has 1 N–H and O–H groups in total. The highest BCUT2D eigenvalue weighted by atomic mass is 35.5. The number of anilines is 1. The second-order valence-corrected chi connectivity index (χ2v) is 7.30. The SMILES string of the molecule is FC(F)(F)c1cc(Oc2cccc(NCc3cccc(C(F)(F)C(F)(F)F)c3)c2)ccc1Cl. The average Bonchev–Trinajstić information content (AvgIpc) is 2.72. The summed E-state index contributed by atoms with van der Waals surface area (Å²) in [5.74, 6) is -4.95. The molecule has 0 aliphatic carbocycles. The molecule has 0 radical (unpaired) electrons. The molecular weight excluding hydrogens is 482 g/mol. The largest absolute Gasteiger partial charge is 0.458 e. The average molecular weight is 496 g/mol. The second-order valence-electron chi connectivity index (χ2n) is 6.90. The highest BCUT2D eigenvalue weighted by Gasteiger charge is 2.58. The standard InChI is InChI=1S/C22H14ClF8NO/c23-19-8-7-17(11-18(19)21(26,27)28)33-16-6-2-5-15(10-16)32-12-13-3-1-4-14(9-13)20(24,25)22(29,30)31/h1-11,32H,12H2. The third kappa shape index (κ3) is 5.87. The van der Waals surface area contributed by atoms with Crippen molar-refractivity contribution in [3.8, 4) is 11.5 Å². The highest BCUT2D eigenvalue weighted by molar-refractivity contribution is 6.31. The normalized spacial score (nSPS) is 12.5. The minimum Gasteiger partial charge on any atom is -0.457 e. The van der Waals surface area contributed by atoms with Gasteiger partial charge in [-0.15, -0.1) is 0 Å². The van der Waals surface area contributed by atoms with E-state index >= 15 is 0 Å². The lowest BCUT2D eigenvalue weighted by Gasteiger charge is -2.20. The van der Waals surface area contributed by atoms with Crippen molar-refractivity contribution in [3.05, 3.63) is 88.4 Å². The maximum atomic E-state index is 13.6. The topological polar surface area (TPSA) is 21.3 Å². The van der Waals surface area contributed by atoms with Crippen molar-refractivity contribution in [1.82, 2.24) is 0 Å². The van der Waals surface area contributed by atoms with Crippen LogP contribution in [0.1, 0.15) is 16.7 Å². The Labute approximate surface area is 187 Å². The lowest BCUT2D eigenvalue weighted by Crippen LogP contribution is -2.33. The first kappa shape index (κ1) is 24.6. The van der Waals surface area contributed by atoms with Crippen LogP contribution in [0, 0.1) is 0 Å². The summed E-state index contributed by atoms with van der Waals surface area (Å²) in [6.07, 6.45) is -10.4. The highest BCUT2D eigenvalue weighted by Crippen LogP contribution is 2.44. The molecular formula is C22H14ClF8NO. The Kier molecular flexibility index (Phi) is 6.78. The summed E-state index contributed by atoms with van der Waals surface area (Å²) in [6.45, 7) is -0.0929. The van der Waals surface area contributed by atoms with Crippen molar-refractivity contribution in [3.63, 3.8) is 0 Å². The minimum atomic E-state index is -5.72. The van der Waals surface area contributed by atoms with E-state index in [9.17, 15) is 35.1 Å². The van der Waals surface area contributed by atoms with E-state index in [0.717, 1.165) is 24.3 Å². The van der Waals surface area contributed by atoms with Crippen LogP contribution >= 0.6 is 11.6 Å². The van der Waals surface area contributed by atoms with E-state index in [0.29, 0.717) is 11.8 Å². The molecule has 3 aromatic carbocycles. The zero-order valence-corrected chi connectivity index (χ0v) is 17.1. The number of benzene rings is 3. The van der Waals surface area contributed by atoms with Crippen molar-refractivity contribution < 1.29 is 39.9 Å². The summed E-state index contributed by atoms with van der Waals surface area (Å²) in [4.78, 5) is 0. The van der Waals surface area contributed by atoms with Gasteiger partial charge in [0.05, 0.1) is 10.6 Å². The van der Waals surface area contributed by atoms with Crippen LogP contribution < -0.4 is 10.1 Å². The lowest BCUT2D eigenvalue weighted by molar-refractivity contribution is -0.289. The van der Waals surface area contributed by atoms with Gasteiger partial charge in [0.1, 0.15) is 11.5 Å². The molecule has 176 valence electrons. The van der Waals surface area contributed by atoms with Gasteiger partial charge >= 0.3 is 18.3 Å². The van der Waals surface area contributed by atoms with Gasteiger partial charge in [-0.1, -0.05) is 35.9 Å². The van der Waals surface area contributed by atoms with Crippen LogP contribution in [0.2, 0.25) is 5.02 Å². The van der Waals surface area contributed by atoms with Gasteiger partial charge in [0, 0.05) is 23.9 Å². The van der Waals surface area contributed by atoms with Crippen molar-refractivity contribution in [2.75, 3.05) is 5.32 Å². The molecule has 11 heteroatoms. The molecule has 0 fully saturated rings. The zero-order valence-electron chi connectivity index (χ0n) is 16.4. The summed E-state index contributed by atoms with van der Waals surface area (Å²) < 4.78 is 109. The van der Waals surface area contributed by atoms with Gasteiger partial charge in [-0.05, 0) is 42.0 Å². The summed E-state index contributed by atoms with van der Waals surface area (Å²) in [6, 6.07) is 12.9. The summed E-state index contributed by atoms with van der Waals surface area (Å²) >= 11 is 5.58. The second kappa shape index (κ2) is 9.09. The van der Waals surface area contributed by atoms with E-state index in [-0.39, 0.29) is 23.6 Å². The molecule has 0 saturated heterocycles. The Bertz CT molecular complexity index is 1130. The van der Waals surface area contributed by atoms with Gasteiger partial charge in [0.25, 0.3) is 0 Å². The fourth-order valence-corrected chi connectivity index (χ4v) is 3.06. The Morgan fingerprint density at radius 1 is 0.758 bits per heavy atom. The number of rotatable bonds is 6. The van der Waals surface area contributed by atoms with Gasteiger partial charge < -0.3 is 10.1 Å². The van der Waals surface area contributed by atoms with Gasteiger partial charge in [-0.3, -0.25) is 0 Å². The van der Waals surface area contributed by atoms with Crippen LogP contribution in [-0.2, 0) is 18.6 Å². The van der Waals surface area contributed by atoms with Crippen LogP contribution in [0.4, 0.5) is 40.8 Å². The quantitative estimate of drug-likeness (QED) is 0.347. The number of halogens is 9. The summed E-state index contributed by atoms with van der Waals surface area (Å²) in [5, 5.41) is 2.36. The van der Waals surface area contributed by atoms with Gasteiger partial charge in [0.15, 0.2) is 0 Å². The Balaban J connectivity index is 1.73. The Morgan fingerprint density at radius 3 is 2.09 bits per heavy atom. The van der Waals surface area contributed by atoms with Gasteiger partial charge in [-0.25, -0.2) is 0 Å².